The summed E-state index contributed by atoms with van der Waals surface area (Å²) in [5.41, 5.74) is 1.87. The molecule has 0 bridgehead atoms. The third kappa shape index (κ3) is 12.6. The van der Waals surface area contributed by atoms with Crippen molar-refractivity contribution in [3.8, 4) is 0 Å². The zero-order valence-electron chi connectivity index (χ0n) is 9.99. The van der Waals surface area contributed by atoms with Crippen LogP contribution in [-0.4, -0.2) is 12.6 Å². The highest BCUT2D eigenvalue weighted by Crippen LogP contribution is 1.99. The van der Waals surface area contributed by atoms with Crippen LogP contribution in [-0.2, 0) is 4.79 Å². The smallest absolute Gasteiger partial charge is 0.150 e. The van der Waals surface area contributed by atoms with E-state index in [1.54, 1.807) is 6.07 Å². The van der Waals surface area contributed by atoms with Crippen LogP contribution in [0.15, 0.2) is 24.3 Å². The SMILES string of the molecule is CC=O.CCC.Cc1cccc(C=O)c1. The van der Waals surface area contributed by atoms with Gasteiger partial charge in [-0.25, -0.2) is 0 Å². The molecule has 0 spiro atoms. The van der Waals surface area contributed by atoms with Crippen molar-refractivity contribution in [1.29, 1.82) is 0 Å². The van der Waals surface area contributed by atoms with E-state index in [1.165, 1.54) is 13.3 Å². The standard InChI is InChI=1S/C8H8O.C3H8.C2H4O/c1-7-3-2-4-8(5-7)6-9;1-3-2;1-2-3/h2-6H,1H3;3H2,1-2H3;2H,1H3. The summed E-state index contributed by atoms with van der Waals surface area (Å²) in [6, 6.07) is 7.49. The Balaban J connectivity index is 0. The average molecular weight is 208 g/mol. The first-order chi connectivity index (χ1) is 7.15. The van der Waals surface area contributed by atoms with Crippen LogP contribution in [0.25, 0.3) is 0 Å². The molecule has 0 radical (unpaired) electrons. The highest BCUT2D eigenvalue weighted by molar-refractivity contribution is 5.74. The molecule has 0 aliphatic rings. The number of hydrogen-bond acceptors (Lipinski definition) is 2. The van der Waals surface area contributed by atoms with Crippen LogP contribution >= 0.6 is 0 Å². The summed E-state index contributed by atoms with van der Waals surface area (Å²) in [4.78, 5) is 19.0. The van der Waals surface area contributed by atoms with Gasteiger partial charge in [-0.05, 0) is 19.9 Å². The maximum atomic E-state index is 10.2. The number of aldehydes is 2. The topological polar surface area (TPSA) is 34.1 Å². The molecular weight excluding hydrogens is 188 g/mol. The zero-order chi connectivity index (χ0) is 12.1. The number of rotatable bonds is 1. The highest BCUT2D eigenvalue weighted by Gasteiger charge is 1.86. The Morgan fingerprint density at radius 2 is 1.67 bits per heavy atom. The van der Waals surface area contributed by atoms with Crippen molar-refractivity contribution in [3.05, 3.63) is 35.4 Å². The number of carbonyl (C=O) groups excluding carboxylic acids is 2. The monoisotopic (exact) mass is 208 g/mol. The number of carbonyl (C=O) groups is 2. The first-order valence-corrected chi connectivity index (χ1v) is 5.07. The van der Waals surface area contributed by atoms with E-state index >= 15 is 0 Å². The van der Waals surface area contributed by atoms with Crippen LogP contribution in [0.4, 0.5) is 0 Å². The zero-order valence-corrected chi connectivity index (χ0v) is 9.99. The predicted molar refractivity (Wildman–Crippen MR) is 64.3 cm³/mol. The van der Waals surface area contributed by atoms with Crippen LogP contribution < -0.4 is 0 Å². The van der Waals surface area contributed by atoms with Gasteiger partial charge in [0.1, 0.15) is 12.6 Å². The number of hydrogen-bond donors (Lipinski definition) is 0. The lowest BCUT2D eigenvalue weighted by Gasteiger charge is -1.89. The molecule has 2 nitrogen and oxygen atoms in total. The molecule has 2 heteroatoms. The molecule has 1 aromatic carbocycles. The van der Waals surface area contributed by atoms with Crippen LogP contribution in [0.5, 0.6) is 0 Å². The van der Waals surface area contributed by atoms with E-state index in [0.29, 0.717) is 0 Å². The van der Waals surface area contributed by atoms with Crippen molar-refractivity contribution in [2.45, 2.75) is 34.1 Å². The van der Waals surface area contributed by atoms with Crippen molar-refractivity contribution in [1.82, 2.24) is 0 Å². The maximum absolute atomic E-state index is 10.2. The van der Waals surface area contributed by atoms with Gasteiger partial charge in [-0.1, -0.05) is 44.0 Å². The van der Waals surface area contributed by atoms with Gasteiger partial charge in [0.15, 0.2) is 0 Å². The third-order valence-corrected chi connectivity index (χ3v) is 1.18. The second-order valence-electron chi connectivity index (χ2n) is 2.97. The average Bonchev–Trinajstić information content (AvgIpc) is 2.20. The minimum atomic E-state index is 0.745. The summed E-state index contributed by atoms with van der Waals surface area (Å²) < 4.78 is 0. The van der Waals surface area contributed by atoms with E-state index < -0.39 is 0 Å². The van der Waals surface area contributed by atoms with Gasteiger partial charge >= 0.3 is 0 Å². The fourth-order valence-electron chi connectivity index (χ4n) is 0.743. The lowest BCUT2D eigenvalue weighted by molar-refractivity contribution is -0.106. The molecule has 0 unspecified atom stereocenters. The Hall–Kier alpha value is -1.44. The van der Waals surface area contributed by atoms with Crippen LogP contribution in [0.3, 0.4) is 0 Å². The molecule has 15 heavy (non-hydrogen) atoms. The van der Waals surface area contributed by atoms with E-state index in [-0.39, 0.29) is 0 Å². The van der Waals surface area contributed by atoms with Crippen LogP contribution in [0, 0.1) is 6.92 Å². The van der Waals surface area contributed by atoms with E-state index in [9.17, 15) is 4.79 Å². The number of benzene rings is 1. The molecule has 84 valence electrons. The van der Waals surface area contributed by atoms with Gasteiger partial charge < -0.3 is 4.79 Å². The summed E-state index contributed by atoms with van der Waals surface area (Å²) >= 11 is 0. The molecule has 0 heterocycles. The van der Waals surface area contributed by atoms with Crippen molar-refractivity contribution in [3.63, 3.8) is 0 Å². The normalized spacial score (nSPS) is 7.47. The maximum Gasteiger partial charge on any atom is 0.150 e. The Labute approximate surface area is 92.3 Å². The molecular formula is C13H20O2. The molecule has 1 aromatic rings. The van der Waals surface area contributed by atoms with Crippen molar-refractivity contribution in [2.75, 3.05) is 0 Å². The summed E-state index contributed by atoms with van der Waals surface area (Å²) in [6.07, 6.45) is 2.85. The predicted octanol–water partition coefficient (Wildman–Crippen LogP) is 3.43. The summed E-state index contributed by atoms with van der Waals surface area (Å²) in [7, 11) is 0. The lowest BCUT2D eigenvalue weighted by Crippen LogP contribution is -1.78. The largest absolute Gasteiger partial charge is 0.304 e. The fraction of sp³-hybridized carbons (Fsp3) is 0.385. The molecule has 0 saturated carbocycles. The van der Waals surface area contributed by atoms with E-state index in [2.05, 4.69) is 13.8 Å². The third-order valence-electron chi connectivity index (χ3n) is 1.18. The summed E-state index contributed by atoms with van der Waals surface area (Å²) in [6.45, 7) is 7.66. The van der Waals surface area contributed by atoms with Gasteiger partial charge in [0, 0.05) is 5.56 Å². The summed E-state index contributed by atoms with van der Waals surface area (Å²) in [5.74, 6) is 0. The summed E-state index contributed by atoms with van der Waals surface area (Å²) in [5, 5.41) is 0. The van der Waals surface area contributed by atoms with E-state index in [0.717, 1.165) is 23.7 Å². The Morgan fingerprint density at radius 1 is 1.20 bits per heavy atom. The Kier molecular flexibility index (Phi) is 13.4. The lowest BCUT2D eigenvalue weighted by atomic mass is 10.2. The highest BCUT2D eigenvalue weighted by atomic mass is 16.1. The molecule has 0 aliphatic heterocycles. The van der Waals surface area contributed by atoms with Crippen molar-refractivity contribution >= 4 is 12.6 Å². The minimum absolute atomic E-state index is 0.745. The first kappa shape index (κ1) is 16.0. The Morgan fingerprint density at radius 3 is 1.93 bits per heavy atom. The van der Waals surface area contributed by atoms with Gasteiger partial charge in [-0.15, -0.1) is 0 Å². The van der Waals surface area contributed by atoms with Gasteiger partial charge in [-0.2, -0.15) is 0 Å². The van der Waals surface area contributed by atoms with Crippen molar-refractivity contribution in [2.24, 2.45) is 0 Å². The molecule has 0 aromatic heterocycles. The van der Waals surface area contributed by atoms with Crippen LogP contribution in [0.2, 0.25) is 0 Å². The molecule has 0 atom stereocenters. The van der Waals surface area contributed by atoms with Gasteiger partial charge in [0.2, 0.25) is 0 Å². The number of aryl methyl sites for hydroxylation is 1. The van der Waals surface area contributed by atoms with Crippen molar-refractivity contribution < 1.29 is 9.59 Å². The van der Waals surface area contributed by atoms with E-state index in [4.69, 9.17) is 4.79 Å². The van der Waals surface area contributed by atoms with Gasteiger partial charge in [0.25, 0.3) is 0 Å². The first-order valence-electron chi connectivity index (χ1n) is 5.07. The molecule has 0 amide bonds. The van der Waals surface area contributed by atoms with Gasteiger partial charge in [-0.3, -0.25) is 4.79 Å². The van der Waals surface area contributed by atoms with Crippen LogP contribution in [0.1, 0.15) is 43.1 Å². The molecule has 0 aliphatic carbocycles. The molecule has 0 N–H and O–H groups in total. The van der Waals surface area contributed by atoms with E-state index in [1.807, 2.05) is 25.1 Å². The van der Waals surface area contributed by atoms with Gasteiger partial charge in [0.05, 0.1) is 0 Å². The molecule has 1 rings (SSSR count). The molecule has 0 fully saturated rings. The quantitative estimate of drug-likeness (QED) is 0.662. The Bertz CT molecular complexity index is 267. The fourth-order valence-corrected chi connectivity index (χ4v) is 0.743. The second-order valence-corrected chi connectivity index (χ2v) is 2.97. The minimum Gasteiger partial charge on any atom is -0.304 e. The molecule has 0 saturated heterocycles. The second kappa shape index (κ2) is 12.6.